The van der Waals surface area contributed by atoms with Crippen molar-refractivity contribution in [1.82, 2.24) is 19.7 Å². The van der Waals surface area contributed by atoms with Gasteiger partial charge in [0.15, 0.2) is 0 Å². The summed E-state index contributed by atoms with van der Waals surface area (Å²) in [6, 6.07) is 3.11. The lowest BCUT2D eigenvalue weighted by Gasteiger charge is -2.25. The molecule has 3 aliphatic rings. The monoisotopic (exact) mass is 441 g/mol. The molecule has 5 rings (SSSR count). The Kier molecular flexibility index (Phi) is 4.95. The molecule has 168 valence electrons. The Morgan fingerprint density at radius 3 is 2.39 bits per heavy atom. The lowest BCUT2D eigenvalue weighted by atomic mass is 10.0. The summed E-state index contributed by atoms with van der Waals surface area (Å²) in [7, 11) is 0. The number of alkyl halides is 5. The number of anilines is 1. The first-order valence-corrected chi connectivity index (χ1v) is 10.7. The summed E-state index contributed by atoms with van der Waals surface area (Å²) in [5, 5.41) is 4.24. The van der Waals surface area contributed by atoms with E-state index in [2.05, 4.69) is 15.0 Å². The molecule has 1 aliphatic heterocycles. The van der Waals surface area contributed by atoms with Gasteiger partial charge in [0.1, 0.15) is 12.4 Å². The predicted octanol–water partition coefficient (Wildman–Crippen LogP) is 4.40. The first kappa shape index (κ1) is 20.7. The van der Waals surface area contributed by atoms with E-state index in [1.165, 1.54) is 23.7 Å². The van der Waals surface area contributed by atoms with Crippen molar-refractivity contribution in [3.8, 4) is 11.3 Å². The van der Waals surface area contributed by atoms with Crippen LogP contribution in [0.1, 0.15) is 42.9 Å². The summed E-state index contributed by atoms with van der Waals surface area (Å²) >= 11 is 0. The molecule has 2 saturated carbocycles. The smallest absolute Gasteiger partial charge is 0.383 e. The average Bonchev–Trinajstić information content (AvgIpc) is 3.18. The zero-order valence-electron chi connectivity index (χ0n) is 16.8. The number of rotatable bonds is 5. The summed E-state index contributed by atoms with van der Waals surface area (Å²) in [5.41, 5.74) is 5.36. The fourth-order valence-corrected chi connectivity index (χ4v) is 5.62. The summed E-state index contributed by atoms with van der Waals surface area (Å²) < 4.78 is 67.3. The molecule has 10 heteroatoms. The van der Waals surface area contributed by atoms with Crippen molar-refractivity contribution in [2.75, 3.05) is 18.8 Å². The molecule has 0 amide bonds. The largest absolute Gasteiger partial charge is 0.419 e. The number of nitrogens with zero attached hydrogens (tertiary/aromatic N) is 4. The van der Waals surface area contributed by atoms with Crippen LogP contribution < -0.4 is 5.73 Å². The molecular weight excluding hydrogens is 417 g/mol. The summed E-state index contributed by atoms with van der Waals surface area (Å²) in [5.74, 6) is 0.388. The van der Waals surface area contributed by atoms with Crippen molar-refractivity contribution in [1.29, 1.82) is 0 Å². The Hall–Kier alpha value is -2.23. The first-order chi connectivity index (χ1) is 14.7. The van der Waals surface area contributed by atoms with Gasteiger partial charge in [0, 0.05) is 29.4 Å². The number of nitrogens with two attached hydrogens (primary N) is 1. The zero-order valence-corrected chi connectivity index (χ0v) is 16.8. The lowest BCUT2D eigenvalue weighted by molar-refractivity contribution is -0.137. The molecule has 0 aromatic carbocycles. The quantitative estimate of drug-likeness (QED) is 0.699. The Bertz CT molecular complexity index is 954. The molecule has 3 heterocycles. The van der Waals surface area contributed by atoms with Crippen LogP contribution in [0.4, 0.5) is 27.8 Å². The normalized spacial score (nSPS) is 28.5. The fourth-order valence-electron chi connectivity index (χ4n) is 5.62. The van der Waals surface area contributed by atoms with E-state index in [-0.39, 0.29) is 17.2 Å². The van der Waals surface area contributed by atoms with Crippen LogP contribution in [0.15, 0.2) is 18.3 Å². The van der Waals surface area contributed by atoms with Gasteiger partial charge in [-0.2, -0.15) is 18.3 Å². The van der Waals surface area contributed by atoms with Gasteiger partial charge in [0.2, 0.25) is 0 Å². The van der Waals surface area contributed by atoms with Crippen LogP contribution in [-0.2, 0) is 12.7 Å². The van der Waals surface area contributed by atoms with E-state index in [0.717, 1.165) is 32.0 Å². The molecule has 2 aromatic rings. The van der Waals surface area contributed by atoms with Crippen LogP contribution in [0.5, 0.6) is 0 Å². The van der Waals surface area contributed by atoms with Crippen molar-refractivity contribution in [2.45, 2.75) is 56.8 Å². The van der Waals surface area contributed by atoms with Gasteiger partial charge in [-0.25, -0.2) is 13.8 Å². The van der Waals surface area contributed by atoms with Gasteiger partial charge in [-0.1, -0.05) is 0 Å². The first-order valence-electron chi connectivity index (χ1n) is 10.7. The molecule has 4 atom stereocenters. The minimum absolute atomic E-state index is 0.122. The minimum Gasteiger partial charge on any atom is -0.383 e. The maximum atomic E-state index is 13.2. The Balaban J connectivity index is 1.41. The fraction of sp³-hybridized carbons (Fsp3) is 0.619. The SMILES string of the molecule is Nc1ncc(-c2cc([C@H]3[C@@H]4C[C@H](N5CCCC5)C[C@@H]43)n(CC(F)F)n2)cc1C(F)(F)F. The third kappa shape index (κ3) is 3.79. The van der Waals surface area contributed by atoms with Crippen LogP contribution in [-0.4, -0.2) is 45.2 Å². The van der Waals surface area contributed by atoms with E-state index in [0.29, 0.717) is 23.6 Å². The van der Waals surface area contributed by atoms with Crippen LogP contribution in [0, 0.1) is 11.8 Å². The van der Waals surface area contributed by atoms with E-state index in [1.807, 2.05) is 0 Å². The van der Waals surface area contributed by atoms with E-state index in [1.54, 1.807) is 6.07 Å². The molecule has 2 aliphatic carbocycles. The van der Waals surface area contributed by atoms with Crippen LogP contribution in [0.2, 0.25) is 0 Å². The second kappa shape index (κ2) is 7.43. The molecular formula is C21H24F5N5. The maximum Gasteiger partial charge on any atom is 0.419 e. The highest BCUT2D eigenvalue weighted by molar-refractivity contribution is 5.63. The molecule has 0 unspecified atom stereocenters. The number of aromatic nitrogens is 3. The maximum absolute atomic E-state index is 13.2. The molecule has 0 radical (unpaired) electrons. The van der Waals surface area contributed by atoms with Crippen LogP contribution >= 0.6 is 0 Å². The zero-order chi connectivity index (χ0) is 21.9. The van der Waals surface area contributed by atoms with Crippen molar-refractivity contribution < 1.29 is 22.0 Å². The second-order valence-electron chi connectivity index (χ2n) is 8.90. The molecule has 31 heavy (non-hydrogen) atoms. The topological polar surface area (TPSA) is 60.0 Å². The highest BCUT2D eigenvalue weighted by Gasteiger charge is 2.58. The molecule has 0 bridgehead atoms. The number of fused-ring (bicyclic) bond motifs is 1. The predicted molar refractivity (Wildman–Crippen MR) is 104 cm³/mol. The third-order valence-corrected chi connectivity index (χ3v) is 7.06. The molecule has 3 fully saturated rings. The average molecular weight is 441 g/mol. The Morgan fingerprint density at radius 2 is 1.77 bits per heavy atom. The van der Waals surface area contributed by atoms with Crippen molar-refractivity contribution >= 4 is 5.82 Å². The van der Waals surface area contributed by atoms with E-state index >= 15 is 0 Å². The number of nitrogen functional groups attached to an aromatic ring is 1. The van der Waals surface area contributed by atoms with Gasteiger partial charge in [-0.05, 0) is 62.7 Å². The molecule has 5 nitrogen and oxygen atoms in total. The lowest BCUT2D eigenvalue weighted by Crippen LogP contribution is -2.31. The van der Waals surface area contributed by atoms with Gasteiger partial charge >= 0.3 is 6.18 Å². The summed E-state index contributed by atoms with van der Waals surface area (Å²) in [6.45, 7) is 1.69. The summed E-state index contributed by atoms with van der Waals surface area (Å²) in [6.07, 6.45) is -1.49. The number of likely N-dealkylation sites (tertiary alicyclic amines) is 1. The van der Waals surface area contributed by atoms with Crippen molar-refractivity contribution in [3.63, 3.8) is 0 Å². The van der Waals surface area contributed by atoms with Gasteiger partial charge in [-0.3, -0.25) is 4.68 Å². The van der Waals surface area contributed by atoms with E-state index < -0.39 is 30.5 Å². The standard InChI is InChI=1S/C21H24F5N5/c22-18(23)10-31-17(19-13-6-12(7-14(13)19)30-3-1-2-4-30)8-16(29-31)11-5-15(21(24,25)26)20(27)28-9-11/h5,8-9,12-14,18-19H,1-4,6-7,10H2,(H2,27,28)/t12-,13+,14-,19-. The third-order valence-electron chi connectivity index (χ3n) is 7.06. The molecule has 2 aromatic heterocycles. The second-order valence-corrected chi connectivity index (χ2v) is 8.90. The van der Waals surface area contributed by atoms with Crippen molar-refractivity contribution in [3.05, 3.63) is 29.6 Å². The number of hydrogen-bond donors (Lipinski definition) is 1. The van der Waals surface area contributed by atoms with Crippen molar-refractivity contribution in [2.24, 2.45) is 11.8 Å². The number of pyridine rings is 1. The summed E-state index contributed by atoms with van der Waals surface area (Å²) in [4.78, 5) is 6.18. The Morgan fingerprint density at radius 1 is 1.10 bits per heavy atom. The highest BCUT2D eigenvalue weighted by Crippen LogP contribution is 2.64. The van der Waals surface area contributed by atoms with Gasteiger partial charge in [0.05, 0.1) is 11.3 Å². The molecule has 0 spiro atoms. The number of hydrogen-bond acceptors (Lipinski definition) is 4. The minimum atomic E-state index is -4.65. The number of halogens is 5. The highest BCUT2D eigenvalue weighted by atomic mass is 19.4. The van der Waals surface area contributed by atoms with Crippen LogP contribution in [0.3, 0.4) is 0 Å². The van der Waals surface area contributed by atoms with E-state index in [9.17, 15) is 22.0 Å². The van der Waals surface area contributed by atoms with E-state index in [4.69, 9.17) is 5.73 Å². The molecule has 1 saturated heterocycles. The molecule has 2 N–H and O–H groups in total. The van der Waals surface area contributed by atoms with Gasteiger partial charge in [0.25, 0.3) is 6.43 Å². The Labute approximate surface area is 176 Å². The van der Waals surface area contributed by atoms with Gasteiger partial charge in [-0.15, -0.1) is 0 Å². The van der Waals surface area contributed by atoms with Gasteiger partial charge < -0.3 is 10.6 Å². The van der Waals surface area contributed by atoms with Crippen LogP contribution in [0.25, 0.3) is 11.3 Å².